The Morgan fingerprint density at radius 2 is 1.64 bits per heavy atom. The number of para-hydroxylation sites is 1. The van der Waals surface area contributed by atoms with Crippen LogP contribution in [0, 0.1) is 5.82 Å². The quantitative estimate of drug-likeness (QED) is 0.722. The summed E-state index contributed by atoms with van der Waals surface area (Å²) in [7, 11) is 0. The summed E-state index contributed by atoms with van der Waals surface area (Å²) < 4.78 is 13.1. The zero-order valence-corrected chi connectivity index (χ0v) is 13.6. The predicted molar refractivity (Wildman–Crippen MR) is 94.1 cm³/mol. The van der Waals surface area contributed by atoms with Crippen LogP contribution < -0.4 is 4.90 Å². The molecule has 0 spiro atoms. The van der Waals surface area contributed by atoms with Crippen LogP contribution in [0.1, 0.15) is 10.4 Å². The van der Waals surface area contributed by atoms with Gasteiger partial charge in [-0.05, 0) is 36.4 Å². The monoisotopic (exact) mass is 336 g/mol. The van der Waals surface area contributed by atoms with Gasteiger partial charge in [-0.15, -0.1) is 0 Å². The van der Waals surface area contributed by atoms with Crippen molar-refractivity contribution in [2.45, 2.75) is 0 Å². The van der Waals surface area contributed by atoms with Crippen molar-refractivity contribution in [2.24, 2.45) is 0 Å². The van der Waals surface area contributed by atoms with Crippen molar-refractivity contribution >= 4 is 22.6 Å². The van der Waals surface area contributed by atoms with Gasteiger partial charge in [-0.2, -0.15) is 0 Å². The number of halogens is 1. The van der Waals surface area contributed by atoms with Gasteiger partial charge in [-0.3, -0.25) is 14.8 Å². The van der Waals surface area contributed by atoms with Crippen molar-refractivity contribution in [2.75, 3.05) is 31.1 Å². The molecule has 25 heavy (non-hydrogen) atoms. The molecule has 1 saturated heterocycles. The Morgan fingerprint density at radius 3 is 2.40 bits per heavy atom. The van der Waals surface area contributed by atoms with Crippen LogP contribution in [-0.4, -0.2) is 47.0 Å². The van der Waals surface area contributed by atoms with Gasteiger partial charge in [0.1, 0.15) is 11.3 Å². The van der Waals surface area contributed by atoms with E-state index in [1.165, 1.54) is 12.1 Å². The summed E-state index contributed by atoms with van der Waals surface area (Å²) in [4.78, 5) is 25.5. The van der Waals surface area contributed by atoms with E-state index >= 15 is 0 Å². The number of hydrogen-bond acceptors (Lipinski definition) is 4. The molecule has 1 aliphatic heterocycles. The fourth-order valence-corrected chi connectivity index (χ4v) is 3.16. The van der Waals surface area contributed by atoms with Crippen LogP contribution in [0.5, 0.6) is 0 Å². The molecule has 0 bridgehead atoms. The first-order valence-electron chi connectivity index (χ1n) is 8.22. The summed E-state index contributed by atoms with van der Waals surface area (Å²) >= 11 is 0. The van der Waals surface area contributed by atoms with E-state index in [0.717, 1.165) is 11.2 Å². The van der Waals surface area contributed by atoms with Crippen LogP contribution >= 0.6 is 0 Å². The Morgan fingerprint density at radius 1 is 0.920 bits per heavy atom. The molecule has 1 fully saturated rings. The molecule has 1 amide bonds. The van der Waals surface area contributed by atoms with E-state index in [4.69, 9.17) is 0 Å². The molecule has 4 rings (SSSR count). The fraction of sp³-hybridized carbons (Fsp3) is 0.211. The fourth-order valence-electron chi connectivity index (χ4n) is 3.16. The summed E-state index contributed by atoms with van der Waals surface area (Å²) in [5.41, 5.74) is 2.92. The molecule has 2 aromatic carbocycles. The van der Waals surface area contributed by atoms with Gasteiger partial charge in [0.25, 0.3) is 5.91 Å². The van der Waals surface area contributed by atoms with E-state index in [1.807, 2.05) is 17.0 Å². The number of rotatable bonds is 2. The molecule has 0 unspecified atom stereocenters. The summed E-state index contributed by atoms with van der Waals surface area (Å²) in [6.07, 6.45) is 3.23. The van der Waals surface area contributed by atoms with Gasteiger partial charge in [0.15, 0.2) is 0 Å². The van der Waals surface area contributed by atoms with Gasteiger partial charge >= 0.3 is 0 Å². The lowest BCUT2D eigenvalue weighted by molar-refractivity contribution is 0.0748. The van der Waals surface area contributed by atoms with Crippen LogP contribution in [0.4, 0.5) is 10.1 Å². The number of piperazine rings is 1. The average Bonchev–Trinajstić information content (AvgIpc) is 2.68. The third kappa shape index (κ3) is 3.03. The molecule has 6 heteroatoms. The van der Waals surface area contributed by atoms with Crippen molar-refractivity contribution in [3.05, 3.63) is 66.2 Å². The molecule has 1 aliphatic rings. The lowest BCUT2D eigenvalue weighted by atomic mass is 10.1. The van der Waals surface area contributed by atoms with Crippen LogP contribution in [0.2, 0.25) is 0 Å². The van der Waals surface area contributed by atoms with Crippen molar-refractivity contribution in [3.63, 3.8) is 0 Å². The second-order valence-electron chi connectivity index (χ2n) is 5.99. The van der Waals surface area contributed by atoms with Crippen LogP contribution in [-0.2, 0) is 0 Å². The molecular weight excluding hydrogens is 319 g/mol. The highest BCUT2D eigenvalue weighted by Crippen LogP contribution is 2.20. The molecule has 1 aromatic heterocycles. The summed E-state index contributed by atoms with van der Waals surface area (Å²) in [6, 6.07) is 11.9. The summed E-state index contributed by atoms with van der Waals surface area (Å²) in [5.74, 6) is -0.264. The van der Waals surface area contributed by atoms with E-state index in [9.17, 15) is 9.18 Å². The third-order valence-electron chi connectivity index (χ3n) is 4.49. The Kier molecular flexibility index (Phi) is 4.01. The lowest BCUT2D eigenvalue weighted by Crippen LogP contribution is -2.48. The third-order valence-corrected chi connectivity index (χ3v) is 4.49. The Balaban J connectivity index is 1.50. The number of fused-ring (bicyclic) bond motifs is 1. The molecule has 0 radical (unpaired) electrons. The topological polar surface area (TPSA) is 49.3 Å². The Labute approximate surface area is 144 Å². The first-order valence-corrected chi connectivity index (χ1v) is 8.22. The summed E-state index contributed by atoms with van der Waals surface area (Å²) in [5, 5.41) is 0. The van der Waals surface area contributed by atoms with E-state index < -0.39 is 0 Å². The normalized spacial score (nSPS) is 14.8. The molecule has 0 aliphatic carbocycles. The van der Waals surface area contributed by atoms with Crippen LogP contribution in [0.3, 0.4) is 0 Å². The molecule has 0 N–H and O–H groups in total. The van der Waals surface area contributed by atoms with Gasteiger partial charge in [-0.25, -0.2) is 4.39 Å². The lowest BCUT2D eigenvalue weighted by Gasteiger charge is -2.36. The van der Waals surface area contributed by atoms with Crippen molar-refractivity contribution < 1.29 is 9.18 Å². The maximum absolute atomic E-state index is 13.1. The number of benzene rings is 2. The molecule has 0 saturated carbocycles. The Hall–Kier alpha value is -3.02. The largest absolute Gasteiger partial charge is 0.368 e. The van der Waals surface area contributed by atoms with Crippen molar-refractivity contribution in [1.82, 2.24) is 14.9 Å². The summed E-state index contributed by atoms with van der Waals surface area (Å²) in [6.45, 7) is 2.67. The van der Waals surface area contributed by atoms with Gasteiger partial charge in [0.2, 0.25) is 0 Å². The molecule has 3 aromatic rings. The maximum Gasteiger partial charge on any atom is 0.256 e. The first kappa shape index (κ1) is 15.5. The first-order chi connectivity index (χ1) is 12.2. The number of carbonyl (C=O) groups is 1. The van der Waals surface area contributed by atoms with Gasteiger partial charge in [0, 0.05) is 44.3 Å². The maximum atomic E-state index is 13.1. The van der Waals surface area contributed by atoms with Crippen LogP contribution in [0.15, 0.2) is 54.9 Å². The van der Waals surface area contributed by atoms with Gasteiger partial charge < -0.3 is 9.80 Å². The molecular formula is C19H17FN4O. The standard InChI is InChI=1S/C19H17FN4O/c20-14-4-6-15(7-5-14)23-10-12-24(13-11-23)19(25)16-2-1-3-17-18(16)22-9-8-21-17/h1-9H,10-13H2. The zero-order valence-electron chi connectivity index (χ0n) is 13.6. The van der Waals surface area contributed by atoms with Gasteiger partial charge in [0.05, 0.1) is 11.1 Å². The number of aromatic nitrogens is 2. The highest BCUT2D eigenvalue weighted by atomic mass is 19.1. The minimum absolute atomic E-state index is 0.0233. The molecule has 5 nitrogen and oxygen atoms in total. The number of anilines is 1. The van der Waals surface area contributed by atoms with Gasteiger partial charge in [-0.1, -0.05) is 6.07 Å². The molecule has 126 valence electrons. The highest BCUT2D eigenvalue weighted by molar-refractivity contribution is 6.04. The second kappa shape index (κ2) is 6.47. The predicted octanol–water partition coefficient (Wildman–Crippen LogP) is 2.73. The minimum atomic E-state index is -0.241. The van der Waals surface area contributed by atoms with E-state index in [-0.39, 0.29) is 11.7 Å². The average molecular weight is 336 g/mol. The second-order valence-corrected chi connectivity index (χ2v) is 5.99. The molecule has 2 heterocycles. The number of hydrogen-bond donors (Lipinski definition) is 0. The SMILES string of the molecule is O=C(c1cccc2nccnc12)N1CCN(c2ccc(F)cc2)CC1. The zero-order chi connectivity index (χ0) is 17.2. The number of amides is 1. The van der Waals surface area contributed by atoms with E-state index in [1.54, 1.807) is 30.6 Å². The number of carbonyl (C=O) groups excluding carboxylic acids is 1. The highest BCUT2D eigenvalue weighted by Gasteiger charge is 2.24. The van der Waals surface area contributed by atoms with Crippen molar-refractivity contribution in [3.8, 4) is 0 Å². The van der Waals surface area contributed by atoms with Crippen LogP contribution in [0.25, 0.3) is 11.0 Å². The minimum Gasteiger partial charge on any atom is -0.368 e. The van der Waals surface area contributed by atoms with E-state index in [0.29, 0.717) is 37.3 Å². The Bertz CT molecular complexity index is 899. The van der Waals surface area contributed by atoms with E-state index in [2.05, 4.69) is 14.9 Å². The van der Waals surface area contributed by atoms with Crippen molar-refractivity contribution in [1.29, 1.82) is 0 Å². The number of nitrogens with zero attached hydrogens (tertiary/aromatic N) is 4. The molecule has 0 atom stereocenters. The smallest absolute Gasteiger partial charge is 0.256 e.